The van der Waals surface area contributed by atoms with Crippen molar-refractivity contribution >= 4 is 28.5 Å². The van der Waals surface area contributed by atoms with Gasteiger partial charge in [0.2, 0.25) is 0 Å². The number of halogens is 1. The van der Waals surface area contributed by atoms with Crippen LogP contribution in [0, 0.1) is 13.8 Å². The number of carbonyl (C=O) groups excluding carboxylic acids is 1. The normalized spacial score (nSPS) is 12.5. The van der Waals surface area contributed by atoms with E-state index in [0.717, 1.165) is 27.6 Å². The van der Waals surface area contributed by atoms with Crippen molar-refractivity contribution in [2.45, 2.75) is 26.7 Å². The van der Waals surface area contributed by atoms with E-state index >= 15 is 0 Å². The van der Waals surface area contributed by atoms with E-state index in [-0.39, 0.29) is 11.9 Å². The standard InChI is InChI=1S/C15H16ClNO2/c1-8-5-9(2)14-12(6-8)11(7-13(16)17-14)10(3)15(18)19-4/h5-7,10H,1-4H3. The van der Waals surface area contributed by atoms with E-state index in [9.17, 15) is 4.79 Å². The summed E-state index contributed by atoms with van der Waals surface area (Å²) in [6, 6.07) is 5.82. The van der Waals surface area contributed by atoms with Crippen LogP contribution in [0.3, 0.4) is 0 Å². The lowest BCUT2D eigenvalue weighted by molar-refractivity contribution is -0.141. The summed E-state index contributed by atoms with van der Waals surface area (Å²) < 4.78 is 4.81. The number of esters is 1. The largest absolute Gasteiger partial charge is 0.469 e. The zero-order valence-electron chi connectivity index (χ0n) is 11.5. The summed E-state index contributed by atoms with van der Waals surface area (Å²) in [5.74, 6) is -0.642. The Balaban J connectivity index is 2.76. The zero-order chi connectivity index (χ0) is 14.2. The Morgan fingerprint density at radius 3 is 2.63 bits per heavy atom. The highest BCUT2D eigenvalue weighted by Gasteiger charge is 2.20. The molecule has 1 aromatic heterocycles. The molecule has 0 aliphatic heterocycles. The van der Waals surface area contributed by atoms with Crippen molar-refractivity contribution < 1.29 is 9.53 Å². The minimum atomic E-state index is -0.366. The number of rotatable bonds is 2. The van der Waals surface area contributed by atoms with Crippen LogP contribution in [0.5, 0.6) is 0 Å². The lowest BCUT2D eigenvalue weighted by Gasteiger charge is -2.14. The summed E-state index contributed by atoms with van der Waals surface area (Å²) >= 11 is 6.06. The Kier molecular flexibility index (Phi) is 3.76. The molecule has 3 nitrogen and oxygen atoms in total. The SMILES string of the molecule is COC(=O)C(C)c1cc(Cl)nc2c(C)cc(C)cc12. The summed E-state index contributed by atoms with van der Waals surface area (Å²) in [5, 5.41) is 1.35. The summed E-state index contributed by atoms with van der Waals surface area (Å²) in [7, 11) is 1.39. The molecule has 0 amide bonds. The molecule has 0 aliphatic carbocycles. The average Bonchev–Trinajstić information content (AvgIpc) is 2.37. The molecule has 0 saturated heterocycles. The molecule has 2 aromatic rings. The molecule has 1 atom stereocenters. The van der Waals surface area contributed by atoms with Gasteiger partial charge in [0.05, 0.1) is 18.5 Å². The van der Waals surface area contributed by atoms with Crippen molar-refractivity contribution in [2.75, 3.05) is 7.11 Å². The molecule has 0 N–H and O–H groups in total. The first kappa shape index (κ1) is 13.8. The first-order chi connectivity index (χ1) is 8.93. The number of nitrogens with zero attached hydrogens (tertiary/aromatic N) is 1. The Morgan fingerprint density at radius 1 is 1.32 bits per heavy atom. The predicted molar refractivity (Wildman–Crippen MR) is 76.7 cm³/mol. The number of fused-ring (bicyclic) bond motifs is 1. The Labute approximate surface area is 117 Å². The van der Waals surface area contributed by atoms with E-state index in [4.69, 9.17) is 16.3 Å². The highest BCUT2D eigenvalue weighted by atomic mass is 35.5. The number of benzene rings is 1. The van der Waals surface area contributed by atoms with Crippen LogP contribution in [0.1, 0.15) is 29.5 Å². The van der Waals surface area contributed by atoms with Crippen molar-refractivity contribution in [2.24, 2.45) is 0 Å². The molecular formula is C15H16ClNO2. The second-order valence-electron chi connectivity index (χ2n) is 4.76. The molecule has 1 heterocycles. The monoisotopic (exact) mass is 277 g/mol. The lowest BCUT2D eigenvalue weighted by atomic mass is 9.95. The van der Waals surface area contributed by atoms with E-state index in [0.29, 0.717) is 5.15 Å². The van der Waals surface area contributed by atoms with Crippen LogP contribution in [0.4, 0.5) is 0 Å². The van der Waals surface area contributed by atoms with Crippen molar-refractivity contribution in [3.63, 3.8) is 0 Å². The number of pyridine rings is 1. The van der Waals surface area contributed by atoms with Gasteiger partial charge >= 0.3 is 5.97 Å². The van der Waals surface area contributed by atoms with Gasteiger partial charge in [-0.1, -0.05) is 23.2 Å². The quantitative estimate of drug-likeness (QED) is 0.619. The summed E-state index contributed by atoms with van der Waals surface area (Å²) in [5.41, 5.74) is 3.88. The van der Waals surface area contributed by atoms with Crippen LogP contribution in [0.15, 0.2) is 18.2 Å². The number of carbonyl (C=O) groups is 1. The highest BCUT2D eigenvalue weighted by molar-refractivity contribution is 6.30. The van der Waals surface area contributed by atoms with Gasteiger partial charge in [0.1, 0.15) is 5.15 Å². The molecule has 1 unspecified atom stereocenters. The van der Waals surface area contributed by atoms with Crippen LogP contribution in [0.25, 0.3) is 10.9 Å². The van der Waals surface area contributed by atoms with Gasteiger partial charge in [-0.05, 0) is 44.0 Å². The van der Waals surface area contributed by atoms with Gasteiger partial charge < -0.3 is 4.74 Å². The van der Waals surface area contributed by atoms with Crippen LogP contribution >= 0.6 is 11.6 Å². The first-order valence-corrected chi connectivity index (χ1v) is 6.47. The van der Waals surface area contributed by atoms with Gasteiger partial charge in [-0.3, -0.25) is 4.79 Å². The third kappa shape index (κ3) is 2.56. The molecule has 19 heavy (non-hydrogen) atoms. The maximum absolute atomic E-state index is 11.8. The first-order valence-electron chi connectivity index (χ1n) is 6.09. The van der Waals surface area contributed by atoms with E-state index < -0.39 is 0 Å². The fourth-order valence-corrected chi connectivity index (χ4v) is 2.54. The van der Waals surface area contributed by atoms with Crippen LogP contribution in [-0.2, 0) is 9.53 Å². The van der Waals surface area contributed by atoms with E-state index in [1.54, 1.807) is 6.07 Å². The van der Waals surface area contributed by atoms with E-state index in [1.165, 1.54) is 7.11 Å². The summed E-state index contributed by atoms with van der Waals surface area (Å²) in [4.78, 5) is 16.1. The average molecular weight is 278 g/mol. The topological polar surface area (TPSA) is 39.2 Å². The maximum Gasteiger partial charge on any atom is 0.312 e. The number of hydrogen-bond donors (Lipinski definition) is 0. The van der Waals surface area contributed by atoms with Gasteiger partial charge in [-0.2, -0.15) is 0 Å². The fourth-order valence-electron chi connectivity index (χ4n) is 2.34. The number of ether oxygens (including phenoxy) is 1. The van der Waals surface area contributed by atoms with Gasteiger partial charge in [-0.15, -0.1) is 0 Å². The number of methoxy groups -OCH3 is 1. The highest BCUT2D eigenvalue weighted by Crippen LogP contribution is 2.30. The molecule has 2 rings (SSSR count). The summed E-state index contributed by atoms with van der Waals surface area (Å²) in [6.45, 7) is 5.83. The van der Waals surface area contributed by atoms with Crippen molar-refractivity contribution in [3.8, 4) is 0 Å². The van der Waals surface area contributed by atoms with Gasteiger partial charge in [0.15, 0.2) is 0 Å². The second kappa shape index (κ2) is 5.17. The third-order valence-corrected chi connectivity index (χ3v) is 3.46. The lowest BCUT2D eigenvalue weighted by Crippen LogP contribution is -2.11. The van der Waals surface area contributed by atoms with Crippen LogP contribution < -0.4 is 0 Å². The minimum absolute atomic E-state index is 0.275. The predicted octanol–water partition coefficient (Wildman–Crippen LogP) is 3.78. The Hall–Kier alpha value is -1.61. The van der Waals surface area contributed by atoms with Crippen molar-refractivity contribution in [1.82, 2.24) is 4.98 Å². The Morgan fingerprint density at radius 2 is 2.00 bits per heavy atom. The molecule has 4 heteroatoms. The molecular weight excluding hydrogens is 262 g/mol. The third-order valence-electron chi connectivity index (χ3n) is 3.27. The van der Waals surface area contributed by atoms with E-state index in [1.807, 2.05) is 26.8 Å². The zero-order valence-corrected chi connectivity index (χ0v) is 12.2. The summed E-state index contributed by atoms with van der Waals surface area (Å²) in [6.07, 6.45) is 0. The smallest absolute Gasteiger partial charge is 0.312 e. The molecule has 0 bridgehead atoms. The van der Waals surface area contributed by atoms with E-state index in [2.05, 4.69) is 11.1 Å². The minimum Gasteiger partial charge on any atom is -0.469 e. The molecule has 0 spiro atoms. The molecule has 0 radical (unpaired) electrons. The van der Waals surface area contributed by atoms with Gasteiger partial charge in [-0.25, -0.2) is 4.98 Å². The molecule has 1 aromatic carbocycles. The number of hydrogen-bond acceptors (Lipinski definition) is 3. The number of aryl methyl sites for hydroxylation is 2. The Bertz CT molecular complexity index is 652. The van der Waals surface area contributed by atoms with Crippen molar-refractivity contribution in [1.29, 1.82) is 0 Å². The second-order valence-corrected chi connectivity index (χ2v) is 5.14. The molecule has 0 aliphatic rings. The van der Waals surface area contributed by atoms with Crippen LogP contribution in [0.2, 0.25) is 5.15 Å². The molecule has 100 valence electrons. The van der Waals surface area contributed by atoms with Gasteiger partial charge in [0.25, 0.3) is 0 Å². The van der Waals surface area contributed by atoms with Crippen molar-refractivity contribution in [3.05, 3.63) is 40.0 Å². The fraction of sp³-hybridized carbons (Fsp3) is 0.333. The van der Waals surface area contributed by atoms with Crippen LogP contribution in [-0.4, -0.2) is 18.1 Å². The maximum atomic E-state index is 11.8. The molecule has 0 fully saturated rings. The van der Waals surface area contributed by atoms with Gasteiger partial charge in [0, 0.05) is 5.39 Å². The molecule has 0 saturated carbocycles. The number of aromatic nitrogens is 1.